The molecule has 21 heavy (non-hydrogen) atoms. The first-order valence-corrected chi connectivity index (χ1v) is 9.75. The summed E-state index contributed by atoms with van der Waals surface area (Å²) in [6.45, 7) is 0. The molecule has 1 heterocycles. The summed E-state index contributed by atoms with van der Waals surface area (Å²) < 4.78 is 45.6. The number of anilines is 1. The predicted molar refractivity (Wildman–Crippen MR) is 76.9 cm³/mol. The maximum Gasteiger partial charge on any atom is 0.293 e. The van der Waals surface area contributed by atoms with Crippen LogP contribution in [0.4, 0.5) is 11.4 Å². The maximum absolute atomic E-state index is 11.4. The summed E-state index contributed by atoms with van der Waals surface area (Å²) in [7, 11) is -6.66. The largest absolute Gasteiger partial charge is 0.376 e. The molecule has 10 heteroatoms. The van der Waals surface area contributed by atoms with E-state index in [1.165, 1.54) is 12.1 Å². The average molecular weight is 334 g/mol. The molecule has 0 bridgehead atoms. The van der Waals surface area contributed by atoms with Crippen molar-refractivity contribution in [1.82, 2.24) is 0 Å². The number of nitro benzene ring substituents is 1. The highest BCUT2D eigenvalue weighted by Gasteiger charge is 2.29. The van der Waals surface area contributed by atoms with E-state index in [-0.39, 0.29) is 27.8 Å². The number of nitrogens with one attached hydrogen (secondary N) is 1. The Bertz CT molecular complexity index is 785. The van der Waals surface area contributed by atoms with Gasteiger partial charge in [-0.25, -0.2) is 16.8 Å². The second-order valence-electron chi connectivity index (χ2n) is 4.95. The van der Waals surface area contributed by atoms with Crippen LogP contribution >= 0.6 is 0 Å². The zero-order valence-electron chi connectivity index (χ0n) is 11.1. The monoisotopic (exact) mass is 334 g/mol. The molecule has 2 rings (SSSR count). The lowest BCUT2D eigenvalue weighted by molar-refractivity contribution is -0.384. The molecule has 1 fully saturated rings. The molecule has 116 valence electrons. The standard InChI is InChI=1S/C11H14N2O6S2/c1-20(16,17)9-2-3-10(11(6-9)13(14)15)12-8-4-5-21(18,19)7-8/h2-3,6,8,12H,4-5,7H2,1H3. The molecule has 8 nitrogen and oxygen atoms in total. The Kier molecular flexibility index (Phi) is 3.93. The zero-order valence-corrected chi connectivity index (χ0v) is 12.8. The Morgan fingerprint density at radius 1 is 1.38 bits per heavy atom. The summed E-state index contributed by atoms with van der Waals surface area (Å²) in [6.07, 6.45) is 1.33. The minimum Gasteiger partial charge on any atom is -0.376 e. The number of nitro groups is 1. The summed E-state index contributed by atoms with van der Waals surface area (Å²) in [6, 6.07) is 3.12. The van der Waals surface area contributed by atoms with Crippen molar-refractivity contribution in [2.24, 2.45) is 0 Å². The van der Waals surface area contributed by atoms with Crippen LogP contribution < -0.4 is 5.32 Å². The molecule has 0 saturated carbocycles. The van der Waals surface area contributed by atoms with E-state index in [1.54, 1.807) is 0 Å². The number of sulfone groups is 2. The van der Waals surface area contributed by atoms with Crippen molar-refractivity contribution in [3.8, 4) is 0 Å². The summed E-state index contributed by atoms with van der Waals surface area (Å²) in [5.41, 5.74) is -0.267. The van der Waals surface area contributed by atoms with E-state index in [9.17, 15) is 26.9 Å². The van der Waals surface area contributed by atoms with Crippen LogP contribution in [-0.4, -0.2) is 45.6 Å². The first-order chi connectivity index (χ1) is 9.58. The minimum absolute atomic E-state index is 0.0416. The highest BCUT2D eigenvalue weighted by Crippen LogP contribution is 2.29. The van der Waals surface area contributed by atoms with Gasteiger partial charge in [0.05, 0.1) is 21.3 Å². The number of nitrogens with zero attached hydrogens (tertiary/aromatic N) is 1. The van der Waals surface area contributed by atoms with Gasteiger partial charge in [-0.1, -0.05) is 0 Å². The van der Waals surface area contributed by atoms with Gasteiger partial charge < -0.3 is 5.32 Å². The van der Waals surface area contributed by atoms with Crippen molar-refractivity contribution in [3.63, 3.8) is 0 Å². The first kappa shape index (κ1) is 15.7. The first-order valence-electron chi connectivity index (χ1n) is 6.04. The molecule has 0 aromatic heterocycles. The third kappa shape index (κ3) is 3.70. The van der Waals surface area contributed by atoms with E-state index in [0.29, 0.717) is 6.42 Å². The minimum atomic E-state index is -3.55. The van der Waals surface area contributed by atoms with Gasteiger partial charge in [0.2, 0.25) is 0 Å². The number of rotatable bonds is 4. The molecule has 0 amide bonds. The van der Waals surface area contributed by atoms with Crippen molar-refractivity contribution >= 4 is 31.0 Å². The lowest BCUT2D eigenvalue weighted by atomic mass is 10.2. The molecule has 1 unspecified atom stereocenters. The van der Waals surface area contributed by atoms with Crippen LogP contribution in [-0.2, 0) is 19.7 Å². The van der Waals surface area contributed by atoms with Crippen LogP contribution in [0.15, 0.2) is 23.1 Å². The van der Waals surface area contributed by atoms with Crippen molar-refractivity contribution < 1.29 is 21.8 Å². The zero-order chi connectivity index (χ0) is 15.8. The second kappa shape index (κ2) is 5.26. The van der Waals surface area contributed by atoms with Gasteiger partial charge in [-0.15, -0.1) is 0 Å². The van der Waals surface area contributed by atoms with Gasteiger partial charge in [-0.05, 0) is 18.6 Å². The lowest BCUT2D eigenvalue weighted by Gasteiger charge is -2.13. The van der Waals surface area contributed by atoms with Crippen LogP contribution in [0, 0.1) is 10.1 Å². The fourth-order valence-corrected chi connectivity index (χ4v) is 4.46. The van der Waals surface area contributed by atoms with Crippen LogP contribution in [0.5, 0.6) is 0 Å². The van der Waals surface area contributed by atoms with Crippen LogP contribution in [0.25, 0.3) is 0 Å². The van der Waals surface area contributed by atoms with Gasteiger partial charge in [-0.2, -0.15) is 0 Å². The smallest absolute Gasteiger partial charge is 0.293 e. The Morgan fingerprint density at radius 3 is 2.52 bits per heavy atom. The van der Waals surface area contributed by atoms with Gasteiger partial charge in [0.25, 0.3) is 5.69 Å². The molecule has 1 aromatic carbocycles. The summed E-state index contributed by atoms with van der Waals surface area (Å²) in [5.74, 6) is -0.0438. The SMILES string of the molecule is CS(=O)(=O)c1ccc(NC2CCS(=O)(=O)C2)c([N+](=O)[O-])c1. The van der Waals surface area contributed by atoms with Gasteiger partial charge >= 0.3 is 0 Å². The molecule has 1 atom stereocenters. The van der Waals surface area contributed by atoms with E-state index >= 15 is 0 Å². The summed E-state index contributed by atoms with van der Waals surface area (Å²) in [5, 5.41) is 13.9. The molecule has 1 aliphatic heterocycles. The van der Waals surface area contributed by atoms with Crippen molar-refractivity contribution in [2.45, 2.75) is 17.4 Å². The van der Waals surface area contributed by atoms with Crippen LogP contribution in [0.3, 0.4) is 0 Å². The highest BCUT2D eigenvalue weighted by atomic mass is 32.2. The van der Waals surface area contributed by atoms with E-state index in [4.69, 9.17) is 0 Å². The van der Waals surface area contributed by atoms with E-state index in [1.807, 2.05) is 0 Å². The molecule has 1 saturated heterocycles. The predicted octanol–water partition coefficient (Wildman–Crippen LogP) is 0.597. The van der Waals surface area contributed by atoms with Crippen LogP contribution in [0.1, 0.15) is 6.42 Å². The Morgan fingerprint density at radius 2 is 2.05 bits per heavy atom. The molecule has 1 N–H and O–H groups in total. The normalized spacial score (nSPS) is 21.1. The van der Waals surface area contributed by atoms with Crippen molar-refractivity contribution in [3.05, 3.63) is 28.3 Å². The molecule has 0 radical (unpaired) electrons. The molecule has 0 aliphatic carbocycles. The third-order valence-corrected chi connectivity index (χ3v) is 6.06. The summed E-state index contributed by atoms with van der Waals surface area (Å²) in [4.78, 5) is 10.2. The van der Waals surface area contributed by atoms with Gasteiger partial charge in [0.15, 0.2) is 19.7 Å². The molecular weight excluding hydrogens is 320 g/mol. The van der Waals surface area contributed by atoms with Crippen molar-refractivity contribution in [2.75, 3.05) is 23.1 Å². The van der Waals surface area contributed by atoms with Gasteiger partial charge in [-0.3, -0.25) is 10.1 Å². The van der Waals surface area contributed by atoms with Crippen LogP contribution in [0.2, 0.25) is 0 Å². The van der Waals surface area contributed by atoms with E-state index in [2.05, 4.69) is 5.32 Å². The molecule has 1 aromatic rings. The van der Waals surface area contributed by atoms with Crippen molar-refractivity contribution in [1.29, 1.82) is 0 Å². The van der Waals surface area contributed by atoms with E-state index < -0.39 is 30.6 Å². The van der Waals surface area contributed by atoms with E-state index in [0.717, 1.165) is 12.3 Å². The topological polar surface area (TPSA) is 123 Å². The number of hydrogen-bond donors (Lipinski definition) is 1. The van der Waals surface area contributed by atoms with Gasteiger partial charge in [0.1, 0.15) is 5.69 Å². The average Bonchev–Trinajstić information content (AvgIpc) is 2.67. The number of benzene rings is 1. The number of hydrogen-bond acceptors (Lipinski definition) is 7. The quantitative estimate of drug-likeness (QED) is 0.631. The Balaban J connectivity index is 2.34. The summed E-state index contributed by atoms with van der Waals surface area (Å²) >= 11 is 0. The Hall–Kier alpha value is -1.68. The highest BCUT2D eigenvalue weighted by molar-refractivity contribution is 7.91. The fourth-order valence-electron chi connectivity index (χ4n) is 2.14. The lowest BCUT2D eigenvalue weighted by Crippen LogP contribution is -2.21. The molecule has 0 spiro atoms. The maximum atomic E-state index is 11.4. The third-order valence-electron chi connectivity index (χ3n) is 3.19. The van der Waals surface area contributed by atoms with Gasteiger partial charge in [0, 0.05) is 18.4 Å². The molecular formula is C11H14N2O6S2. The Labute approximate surface area is 122 Å². The second-order valence-corrected chi connectivity index (χ2v) is 9.20. The fraction of sp³-hybridized carbons (Fsp3) is 0.455. The molecule has 1 aliphatic rings.